The van der Waals surface area contributed by atoms with Crippen molar-refractivity contribution in [3.63, 3.8) is 0 Å². The third-order valence-corrected chi connectivity index (χ3v) is 4.71. The molecule has 0 aromatic heterocycles. The molecule has 1 fully saturated rings. The second-order valence-corrected chi connectivity index (χ2v) is 6.27. The van der Waals surface area contributed by atoms with Gasteiger partial charge >= 0.3 is 0 Å². The number of hydrogen-bond donors (Lipinski definition) is 1. The van der Waals surface area contributed by atoms with Gasteiger partial charge in [0.2, 0.25) is 0 Å². The molecule has 2 nitrogen and oxygen atoms in total. The summed E-state index contributed by atoms with van der Waals surface area (Å²) in [6.45, 7) is 7.43. The average Bonchev–Trinajstić information content (AvgIpc) is 2.64. The van der Waals surface area contributed by atoms with Gasteiger partial charge in [0, 0.05) is 35.9 Å². The van der Waals surface area contributed by atoms with Crippen molar-refractivity contribution in [2.75, 3.05) is 18.0 Å². The Hall–Kier alpha value is -0.730. The first kappa shape index (κ1) is 14.7. The van der Waals surface area contributed by atoms with E-state index in [9.17, 15) is 0 Å². The summed E-state index contributed by atoms with van der Waals surface area (Å²) in [5.74, 6) is 1.64. The van der Waals surface area contributed by atoms with E-state index >= 15 is 0 Å². The van der Waals surface area contributed by atoms with Crippen LogP contribution in [0.3, 0.4) is 0 Å². The molecule has 106 valence electrons. The number of rotatable bonds is 3. The molecule has 3 heteroatoms. The first-order valence-electron chi connectivity index (χ1n) is 7.36. The molecule has 1 heterocycles. The fourth-order valence-electron chi connectivity index (χ4n) is 3.08. The molecular weight excluding hydrogens is 256 g/mol. The van der Waals surface area contributed by atoms with Gasteiger partial charge in [-0.05, 0) is 43.2 Å². The smallest absolute Gasteiger partial charge is 0.0471 e. The minimum absolute atomic E-state index is 0.513. The van der Waals surface area contributed by atoms with E-state index in [1.165, 1.54) is 24.9 Å². The fraction of sp³-hybridized carbons (Fsp3) is 0.625. The summed E-state index contributed by atoms with van der Waals surface area (Å²) in [5.41, 5.74) is 8.19. The maximum absolute atomic E-state index is 6.26. The van der Waals surface area contributed by atoms with Gasteiger partial charge in [-0.3, -0.25) is 0 Å². The second-order valence-electron chi connectivity index (χ2n) is 5.86. The van der Waals surface area contributed by atoms with Crippen LogP contribution in [0.2, 0.25) is 5.02 Å². The molecule has 0 amide bonds. The molecule has 19 heavy (non-hydrogen) atoms. The van der Waals surface area contributed by atoms with E-state index in [1.54, 1.807) is 0 Å². The van der Waals surface area contributed by atoms with Crippen molar-refractivity contribution in [1.82, 2.24) is 0 Å². The molecule has 0 saturated carbocycles. The highest BCUT2D eigenvalue weighted by molar-refractivity contribution is 6.31. The molecule has 1 aromatic carbocycles. The first-order valence-corrected chi connectivity index (χ1v) is 7.73. The molecule has 2 N–H and O–H groups in total. The fourth-order valence-corrected chi connectivity index (χ4v) is 3.32. The molecule has 0 bridgehead atoms. The van der Waals surface area contributed by atoms with Gasteiger partial charge in [-0.2, -0.15) is 0 Å². The summed E-state index contributed by atoms with van der Waals surface area (Å²) >= 11 is 6.26. The van der Waals surface area contributed by atoms with E-state index < -0.39 is 0 Å². The molecule has 1 saturated heterocycles. The topological polar surface area (TPSA) is 29.3 Å². The van der Waals surface area contributed by atoms with E-state index in [2.05, 4.69) is 24.8 Å². The summed E-state index contributed by atoms with van der Waals surface area (Å²) < 4.78 is 0. The molecular formula is C16H25ClN2. The maximum atomic E-state index is 6.26. The Balaban J connectivity index is 2.16. The Morgan fingerprint density at radius 2 is 2.11 bits per heavy atom. The highest BCUT2D eigenvalue weighted by Crippen LogP contribution is 2.31. The van der Waals surface area contributed by atoms with Crippen LogP contribution in [0.15, 0.2) is 18.2 Å². The van der Waals surface area contributed by atoms with Crippen LogP contribution in [-0.4, -0.2) is 13.1 Å². The number of halogens is 1. The SMILES string of the molecule is CC(C)C1CCCN(c2cccc(Cl)c2CN)CC1. The van der Waals surface area contributed by atoms with Crippen LogP contribution in [0.4, 0.5) is 5.69 Å². The van der Waals surface area contributed by atoms with Crippen LogP contribution in [0.25, 0.3) is 0 Å². The van der Waals surface area contributed by atoms with Crippen molar-refractivity contribution in [2.45, 2.75) is 39.7 Å². The van der Waals surface area contributed by atoms with Crippen LogP contribution < -0.4 is 10.6 Å². The summed E-state index contributed by atoms with van der Waals surface area (Å²) in [5, 5.41) is 0.796. The number of hydrogen-bond acceptors (Lipinski definition) is 2. The van der Waals surface area contributed by atoms with Crippen LogP contribution in [0.1, 0.15) is 38.7 Å². The van der Waals surface area contributed by atoms with E-state index in [-0.39, 0.29) is 0 Å². The summed E-state index contributed by atoms with van der Waals surface area (Å²) in [4.78, 5) is 2.47. The monoisotopic (exact) mass is 280 g/mol. The van der Waals surface area contributed by atoms with Crippen molar-refractivity contribution in [3.8, 4) is 0 Å². The lowest BCUT2D eigenvalue weighted by Crippen LogP contribution is -2.26. The minimum Gasteiger partial charge on any atom is -0.371 e. The largest absolute Gasteiger partial charge is 0.371 e. The van der Waals surface area contributed by atoms with E-state index in [0.717, 1.165) is 35.5 Å². The minimum atomic E-state index is 0.513. The number of nitrogens with zero attached hydrogens (tertiary/aromatic N) is 1. The Morgan fingerprint density at radius 3 is 2.79 bits per heavy atom. The zero-order valence-corrected chi connectivity index (χ0v) is 12.8. The predicted molar refractivity (Wildman–Crippen MR) is 83.7 cm³/mol. The van der Waals surface area contributed by atoms with Gasteiger partial charge in [-0.15, -0.1) is 0 Å². The summed E-state index contributed by atoms with van der Waals surface area (Å²) in [6, 6.07) is 6.12. The normalized spacial score (nSPS) is 20.7. The molecule has 1 unspecified atom stereocenters. The number of anilines is 1. The van der Waals surface area contributed by atoms with Crippen LogP contribution >= 0.6 is 11.6 Å². The van der Waals surface area contributed by atoms with Gasteiger partial charge in [0.15, 0.2) is 0 Å². The van der Waals surface area contributed by atoms with Crippen molar-refractivity contribution in [3.05, 3.63) is 28.8 Å². The molecule has 1 aromatic rings. The molecule has 1 aliphatic rings. The lowest BCUT2D eigenvalue weighted by molar-refractivity contribution is 0.351. The third-order valence-electron chi connectivity index (χ3n) is 4.35. The lowest BCUT2D eigenvalue weighted by atomic mass is 9.89. The zero-order valence-electron chi connectivity index (χ0n) is 12.0. The van der Waals surface area contributed by atoms with Crippen LogP contribution in [0, 0.1) is 11.8 Å². The first-order chi connectivity index (χ1) is 9.13. The maximum Gasteiger partial charge on any atom is 0.0471 e. The lowest BCUT2D eigenvalue weighted by Gasteiger charge is -2.26. The van der Waals surface area contributed by atoms with E-state index in [0.29, 0.717) is 6.54 Å². The molecule has 0 spiro atoms. The predicted octanol–water partition coefficient (Wildman–Crippen LogP) is 4.06. The quantitative estimate of drug-likeness (QED) is 0.905. The third kappa shape index (κ3) is 3.43. The molecule has 1 aliphatic heterocycles. The Morgan fingerprint density at radius 1 is 1.32 bits per heavy atom. The highest BCUT2D eigenvalue weighted by Gasteiger charge is 2.21. The van der Waals surface area contributed by atoms with E-state index in [4.69, 9.17) is 17.3 Å². The zero-order chi connectivity index (χ0) is 13.8. The molecule has 2 rings (SSSR count). The Bertz CT molecular complexity index is 417. The van der Waals surface area contributed by atoms with Crippen LogP contribution in [0.5, 0.6) is 0 Å². The summed E-state index contributed by atoms with van der Waals surface area (Å²) in [7, 11) is 0. The van der Waals surface area contributed by atoms with Crippen molar-refractivity contribution in [2.24, 2.45) is 17.6 Å². The Labute approximate surface area is 121 Å². The van der Waals surface area contributed by atoms with Gasteiger partial charge in [-0.25, -0.2) is 0 Å². The van der Waals surface area contributed by atoms with Crippen LogP contribution in [-0.2, 0) is 6.54 Å². The molecule has 1 atom stereocenters. The Kier molecular flexibility index (Phi) is 5.12. The van der Waals surface area contributed by atoms with Gasteiger partial charge in [-0.1, -0.05) is 31.5 Å². The van der Waals surface area contributed by atoms with E-state index in [1.807, 2.05) is 12.1 Å². The molecule has 0 radical (unpaired) electrons. The van der Waals surface area contributed by atoms with Crippen molar-refractivity contribution in [1.29, 1.82) is 0 Å². The standard InChI is InChI=1S/C16H25ClN2/c1-12(2)13-5-4-9-19(10-8-13)16-7-3-6-15(17)14(16)11-18/h3,6-7,12-13H,4-5,8-11,18H2,1-2H3. The van der Waals surface area contributed by atoms with Crippen molar-refractivity contribution < 1.29 is 0 Å². The second kappa shape index (κ2) is 6.62. The van der Waals surface area contributed by atoms with Gasteiger partial charge in [0.05, 0.1) is 0 Å². The summed E-state index contributed by atoms with van der Waals surface area (Å²) in [6.07, 6.45) is 3.88. The van der Waals surface area contributed by atoms with Gasteiger partial charge < -0.3 is 10.6 Å². The highest BCUT2D eigenvalue weighted by atomic mass is 35.5. The average molecular weight is 281 g/mol. The molecule has 0 aliphatic carbocycles. The number of nitrogens with two attached hydrogens (primary N) is 1. The van der Waals surface area contributed by atoms with Gasteiger partial charge in [0.1, 0.15) is 0 Å². The number of benzene rings is 1. The van der Waals surface area contributed by atoms with Gasteiger partial charge in [0.25, 0.3) is 0 Å². The van der Waals surface area contributed by atoms with Crippen molar-refractivity contribution >= 4 is 17.3 Å².